The summed E-state index contributed by atoms with van der Waals surface area (Å²) in [5.41, 5.74) is -1.00. The fourth-order valence-electron chi connectivity index (χ4n) is 4.44. The van der Waals surface area contributed by atoms with Crippen LogP contribution in [0.2, 0.25) is 0 Å². The highest BCUT2D eigenvalue weighted by atomic mass is 32.2. The molecule has 0 atom stereocenters. The van der Waals surface area contributed by atoms with Gasteiger partial charge in [-0.2, -0.15) is 17.5 Å². The quantitative estimate of drug-likeness (QED) is 0.690. The summed E-state index contributed by atoms with van der Waals surface area (Å²) < 4.78 is 77.0. The Kier molecular flexibility index (Phi) is 6.06. The maximum absolute atomic E-state index is 12.9. The number of carbonyl (C=O) groups is 1. The Labute approximate surface area is 179 Å². The number of sulfonamides is 1. The number of hydrogen-bond donors (Lipinski definition) is 0. The van der Waals surface area contributed by atoms with Crippen LogP contribution in [0.5, 0.6) is 0 Å². The van der Waals surface area contributed by atoms with Gasteiger partial charge in [-0.25, -0.2) is 8.42 Å². The first-order valence-electron chi connectivity index (χ1n) is 10.3. The summed E-state index contributed by atoms with van der Waals surface area (Å²) in [6, 6.07) is 3.75. The third-order valence-corrected chi connectivity index (χ3v) is 8.15. The lowest BCUT2D eigenvalue weighted by molar-refractivity contribution is -0.188. The van der Waals surface area contributed by atoms with E-state index in [2.05, 4.69) is 0 Å². The van der Waals surface area contributed by atoms with E-state index in [-0.39, 0.29) is 29.8 Å². The molecule has 11 heteroatoms. The first-order valence-corrected chi connectivity index (χ1v) is 11.8. The zero-order valence-electron chi connectivity index (χ0n) is 16.9. The lowest BCUT2D eigenvalue weighted by Crippen LogP contribution is -2.50. The minimum atomic E-state index is -4.62. The Hall–Kier alpha value is -1.69. The Morgan fingerprint density at radius 3 is 2.23 bits per heavy atom. The van der Waals surface area contributed by atoms with Crippen LogP contribution in [0.1, 0.15) is 31.2 Å². The molecule has 0 saturated carbocycles. The van der Waals surface area contributed by atoms with Crippen LogP contribution in [0.15, 0.2) is 29.2 Å². The zero-order valence-corrected chi connectivity index (χ0v) is 17.8. The average molecular weight is 462 g/mol. The molecule has 1 aromatic carbocycles. The summed E-state index contributed by atoms with van der Waals surface area (Å²) in [6.45, 7) is 2.38. The number of benzene rings is 1. The van der Waals surface area contributed by atoms with Gasteiger partial charge in [-0.3, -0.25) is 4.79 Å². The third-order valence-electron chi connectivity index (χ3n) is 6.25. The number of ether oxygens (including phenoxy) is 2. The highest BCUT2D eigenvalue weighted by Gasteiger charge is 2.42. The van der Waals surface area contributed by atoms with Crippen molar-refractivity contribution in [2.75, 3.05) is 39.4 Å². The van der Waals surface area contributed by atoms with Crippen LogP contribution in [-0.4, -0.2) is 68.7 Å². The van der Waals surface area contributed by atoms with Crippen LogP contribution in [0.25, 0.3) is 0 Å². The Bertz CT molecular complexity index is 913. The van der Waals surface area contributed by atoms with Gasteiger partial charge in [-0.05, 0) is 31.0 Å². The molecule has 3 saturated heterocycles. The largest absolute Gasteiger partial charge is 0.416 e. The summed E-state index contributed by atoms with van der Waals surface area (Å²) in [5, 5.41) is 0. The van der Waals surface area contributed by atoms with Gasteiger partial charge in [0.2, 0.25) is 15.9 Å². The number of carbonyl (C=O) groups excluding carboxylic acids is 1. The molecule has 3 aliphatic rings. The second kappa shape index (κ2) is 8.34. The Balaban J connectivity index is 1.35. The van der Waals surface area contributed by atoms with Crippen molar-refractivity contribution in [3.8, 4) is 0 Å². The molecule has 7 nitrogen and oxygen atoms in total. The molecule has 0 aromatic heterocycles. The molecule has 0 bridgehead atoms. The van der Waals surface area contributed by atoms with Crippen molar-refractivity contribution in [1.82, 2.24) is 9.21 Å². The van der Waals surface area contributed by atoms with Crippen molar-refractivity contribution in [1.29, 1.82) is 0 Å². The second-order valence-corrected chi connectivity index (χ2v) is 10.1. The predicted octanol–water partition coefficient (Wildman–Crippen LogP) is 2.47. The number of rotatable bonds is 3. The van der Waals surface area contributed by atoms with Crippen molar-refractivity contribution in [3.63, 3.8) is 0 Å². The smallest absolute Gasteiger partial charge is 0.347 e. The predicted molar refractivity (Wildman–Crippen MR) is 103 cm³/mol. The van der Waals surface area contributed by atoms with E-state index in [9.17, 15) is 26.4 Å². The van der Waals surface area contributed by atoms with Gasteiger partial charge in [-0.15, -0.1) is 0 Å². The Morgan fingerprint density at radius 2 is 1.65 bits per heavy atom. The summed E-state index contributed by atoms with van der Waals surface area (Å²) in [6.07, 6.45) is -2.72. The number of halogens is 3. The van der Waals surface area contributed by atoms with Gasteiger partial charge in [0.25, 0.3) is 0 Å². The fraction of sp³-hybridized carbons (Fsp3) is 0.650. The normalized spacial score (nSPS) is 23.4. The maximum Gasteiger partial charge on any atom is 0.416 e. The number of nitrogens with zero attached hydrogens (tertiary/aromatic N) is 2. The van der Waals surface area contributed by atoms with Gasteiger partial charge in [0.15, 0.2) is 5.79 Å². The molecule has 1 aromatic rings. The Morgan fingerprint density at radius 1 is 1.03 bits per heavy atom. The second-order valence-electron chi connectivity index (χ2n) is 8.14. The zero-order chi connectivity index (χ0) is 22.3. The summed E-state index contributed by atoms with van der Waals surface area (Å²) in [7, 11) is -4.06. The topological polar surface area (TPSA) is 76.2 Å². The van der Waals surface area contributed by atoms with E-state index in [1.165, 1.54) is 6.07 Å². The molecular formula is C20H25F3N2O5S. The highest BCUT2D eigenvalue weighted by Crippen LogP contribution is 2.34. The molecule has 0 unspecified atom stereocenters. The van der Waals surface area contributed by atoms with E-state index in [0.717, 1.165) is 16.4 Å². The van der Waals surface area contributed by atoms with Crippen LogP contribution in [0.4, 0.5) is 13.2 Å². The lowest BCUT2D eigenvalue weighted by Gasteiger charge is -2.40. The summed E-state index contributed by atoms with van der Waals surface area (Å²) >= 11 is 0. The van der Waals surface area contributed by atoms with Gasteiger partial charge in [0.05, 0.1) is 23.7 Å². The third kappa shape index (κ3) is 4.59. The standard InChI is InChI=1S/C20H25F3N2O5S/c21-20(22,23)16-2-1-3-17(14-16)31(27,28)25-8-4-15(5-9-25)18(26)24-10-6-19(7-11-24)29-12-13-30-19/h1-3,14-15H,4-13H2. The number of hydrogen-bond acceptors (Lipinski definition) is 5. The molecule has 1 spiro atoms. The van der Waals surface area contributed by atoms with Gasteiger partial charge < -0.3 is 14.4 Å². The average Bonchev–Trinajstić information content (AvgIpc) is 3.21. The molecule has 0 N–H and O–H groups in total. The molecule has 172 valence electrons. The van der Waals surface area contributed by atoms with Gasteiger partial charge in [0, 0.05) is 44.9 Å². The summed E-state index contributed by atoms with van der Waals surface area (Å²) in [4.78, 5) is 14.3. The van der Waals surface area contributed by atoms with Crippen molar-refractivity contribution in [2.45, 2.75) is 42.5 Å². The lowest BCUT2D eigenvalue weighted by atomic mass is 9.94. The number of piperidine rings is 2. The number of amides is 1. The molecule has 31 heavy (non-hydrogen) atoms. The van der Waals surface area contributed by atoms with E-state index < -0.39 is 27.6 Å². The first kappa shape index (κ1) is 22.5. The van der Waals surface area contributed by atoms with Crippen LogP contribution in [0, 0.1) is 5.92 Å². The van der Waals surface area contributed by atoms with E-state index in [1.807, 2.05) is 0 Å². The molecular weight excluding hydrogens is 437 g/mol. The number of likely N-dealkylation sites (tertiary alicyclic amines) is 1. The first-order chi connectivity index (χ1) is 14.6. The molecule has 3 fully saturated rings. The molecule has 1 amide bonds. The van der Waals surface area contributed by atoms with Crippen LogP contribution < -0.4 is 0 Å². The van der Waals surface area contributed by atoms with Crippen LogP contribution >= 0.6 is 0 Å². The van der Waals surface area contributed by atoms with E-state index in [1.54, 1.807) is 4.90 Å². The van der Waals surface area contributed by atoms with Crippen LogP contribution in [-0.2, 0) is 30.5 Å². The molecule has 4 rings (SSSR count). The minimum absolute atomic E-state index is 0.0102. The fourth-order valence-corrected chi connectivity index (χ4v) is 5.95. The van der Waals surface area contributed by atoms with Gasteiger partial charge >= 0.3 is 6.18 Å². The molecule has 0 aliphatic carbocycles. The molecule has 3 aliphatic heterocycles. The summed E-state index contributed by atoms with van der Waals surface area (Å²) in [5.74, 6) is -0.879. The number of alkyl halides is 3. The van der Waals surface area contributed by atoms with Gasteiger partial charge in [0.1, 0.15) is 0 Å². The van der Waals surface area contributed by atoms with Crippen molar-refractivity contribution in [3.05, 3.63) is 29.8 Å². The molecule has 0 radical (unpaired) electrons. The van der Waals surface area contributed by atoms with E-state index in [0.29, 0.717) is 58.1 Å². The highest BCUT2D eigenvalue weighted by molar-refractivity contribution is 7.89. The van der Waals surface area contributed by atoms with Gasteiger partial charge in [-0.1, -0.05) is 6.07 Å². The SMILES string of the molecule is O=C(C1CCN(S(=O)(=O)c2cccc(C(F)(F)F)c2)CC1)N1CCC2(CC1)OCCO2. The minimum Gasteiger partial charge on any atom is -0.347 e. The monoisotopic (exact) mass is 462 g/mol. The molecule has 3 heterocycles. The van der Waals surface area contributed by atoms with E-state index in [4.69, 9.17) is 9.47 Å². The van der Waals surface area contributed by atoms with Crippen molar-refractivity contribution < 1.29 is 35.9 Å². The maximum atomic E-state index is 12.9. The van der Waals surface area contributed by atoms with Crippen LogP contribution in [0.3, 0.4) is 0 Å². The van der Waals surface area contributed by atoms with Crippen molar-refractivity contribution >= 4 is 15.9 Å². The van der Waals surface area contributed by atoms with Crippen molar-refractivity contribution in [2.24, 2.45) is 5.92 Å². The van der Waals surface area contributed by atoms with E-state index >= 15 is 0 Å².